The van der Waals surface area contributed by atoms with Gasteiger partial charge in [0.15, 0.2) is 0 Å². The van der Waals surface area contributed by atoms with Crippen LogP contribution in [0.25, 0.3) is 0 Å². The highest BCUT2D eigenvalue weighted by molar-refractivity contribution is 6.68. The molecule has 0 saturated heterocycles. The van der Waals surface area contributed by atoms with E-state index in [4.69, 9.17) is 21.1 Å². The van der Waals surface area contributed by atoms with E-state index in [0.717, 1.165) is 5.56 Å². The summed E-state index contributed by atoms with van der Waals surface area (Å²) in [4.78, 5) is 11.3. The SMILES string of the molecule is COc1ccc(OCc2ccccc2)cc1C(=O)Cl. The molecule has 0 N–H and O–H groups in total. The summed E-state index contributed by atoms with van der Waals surface area (Å²) in [5, 5.41) is -0.568. The fourth-order valence-electron chi connectivity index (χ4n) is 1.67. The van der Waals surface area contributed by atoms with E-state index < -0.39 is 5.24 Å². The van der Waals surface area contributed by atoms with Crippen molar-refractivity contribution in [2.75, 3.05) is 7.11 Å². The van der Waals surface area contributed by atoms with E-state index in [1.165, 1.54) is 7.11 Å². The summed E-state index contributed by atoms with van der Waals surface area (Å²) < 4.78 is 10.7. The molecule has 2 aromatic rings. The van der Waals surface area contributed by atoms with Crippen molar-refractivity contribution >= 4 is 16.8 Å². The van der Waals surface area contributed by atoms with E-state index >= 15 is 0 Å². The molecule has 0 spiro atoms. The first-order valence-electron chi connectivity index (χ1n) is 5.75. The van der Waals surface area contributed by atoms with Gasteiger partial charge in [0, 0.05) is 0 Å². The summed E-state index contributed by atoms with van der Waals surface area (Å²) in [6.45, 7) is 0.434. The molecule has 4 heteroatoms. The Balaban J connectivity index is 2.13. The zero-order chi connectivity index (χ0) is 13.7. The van der Waals surface area contributed by atoms with Gasteiger partial charge in [0.25, 0.3) is 5.24 Å². The summed E-state index contributed by atoms with van der Waals surface area (Å²) in [6, 6.07) is 14.8. The minimum atomic E-state index is -0.568. The van der Waals surface area contributed by atoms with Gasteiger partial charge in [-0.3, -0.25) is 4.79 Å². The standard InChI is InChI=1S/C15H13ClO3/c1-18-14-8-7-12(9-13(14)15(16)17)19-10-11-5-3-2-4-6-11/h2-9H,10H2,1H3. The highest BCUT2D eigenvalue weighted by atomic mass is 35.5. The van der Waals surface area contributed by atoms with E-state index in [-0.39, 0.29) is 0 Å². The largest absolute Gasteiger partial charge is 0.496 e. The van der Waals surface area contributed by atoms with Gasteiger partial charge in [0.2, 0.25) is 0 Å². The van der Waals surface area contributed by atoms with E-state index in [0.29, 0.717) is 23.7 Å². The molecule has 0 unspecified atom stereocenters. The van der Waals surface area contributed by atoms with Crippen molar-refractivity contribution in [2.24, 2.45) is 0 Å². The minimum Gasteiger partial charge on any atom is -0.496 e. The van der Waals surface area contributed by atoms with Crippen molar-refractivity contribution in [1.29, 1.82) is 0 Å². The van der Waals surface area contributed by atoms with Crippen molar-refractivity contribution in [1.82, 2.24) is 0 Å². The Morgan fingerprint density at radius 2 is 1.89 bits per heavy atom. The summed E-state index contributed by atoms with van der Waals surface area (Å²) in [6.07, 6.45) is 0. The molecule has 0 aromatic heterocycles. The molecule has 0 atom stereocenters. The molecular formula is C15H13ClO3. The van der Waals surface area contributed by atoms with Gasteiger partial charge in [-0.05, 0) is 35.4 Å². The lowest BCUT2D eigenvalue weighted by Crippen LogP contribution is -1.99. The Morgan fingerprint density at radius 3 is 2.53 bits per heavy atom. The van der Waals surface area contributed by atoms with Gasteiger partial charge in [-0.1, -0.05) is 30.3 Å². The van der Waals surface area contributed by atoms with Crippen molar-refractivity contribution in [3.63, 3.8) is 0 Å². The summed E-state index contributed by atoms with van der Waals surface area (Å²) >= 11 is 5.50. The number of ether oxygens (including phenoxy) is 2. The molecule has 0 aliphatic rings. The number of carbonyl (C=O) groups is 1. The third-order valence-electron chi connectivity index (χ3n) is 2.63. The number of benzene rings is 2. The van der Waals surface area contributed by atoms with Crippen LogP contribution in [-0.2, 0) is 6.61 Å². The average Bonchev–Trinajstić information content (AvgIpc) is 2.46. The zero-order valence-electron chi connectivity index (χ0n) is 10.4. The topological polar surface area (TPSA) is 35.5 Å². The van der Waals surface area contributed by atoms with Crippen LogP contribution in [0.5, 0.6) is 11.5 Å². The quantitative estimate of drug-likeness (QED) is 0.782. The Hall–Kier alpha value is -2.00. The molecule has 0 saturated carbocycles. The van der Waals surface area contributed by atoms with Crippen LogP contribution in [-0.4, -0.2) is 12.4 Å². The lowest BCUT2D eigenvalue weighted by molar-refractivity contribution is 0.107. The van der Waals surface area contributed by atoms with Crippen LogP contribution in [0, 0.1) is 0 Å². The number of hydrogen-bond acceptors (Lipinski definition) is 3. The maximum absolute atomic E-state index is 11.3. The van der Waals surface area contributed by atoms with Crippen molar-refractivity contribution in [2.45, 2.75) is 6.61 Å². The van der Waals surface area contributed by atoms with Gasteiger partial charge >= 0.3 is 0 Å². The van der Waals surface area contributed by atoms with Gasteiger partial charge in [-0.2, -0.15) is 0 Å². The molecular weight excluding hydrogens is 264 g/mol. The maximum Gasteiger partial charge on any atom is 0.256 e. The Kier molecular flexibility index (Phi) is 4.42. The highest BCUT2D eigenvalue weighted by Gasteiger charge is 2.11. The first kappa shape index (κ1) is 13.4. The molecule has 0 aliphatic heterocycles. The molecule has 0 fully saturated rings. The summed E-state index contributed by atoms with van der Waals surface area (Å²) in [5.74, 6) is 1.01. The Bertz CT molecular complexity index is 567. The minimum absolute atomic E-state index is 0.301. The molecule has 0 radical (unpaired) electrons. The molecule has 0 amide bonds. The van der Waals surface area contributed by atoms with E-state index in [1.807, 2.05) is 30.3 Å². The van der Waals surface area contributed by atoms with Gasteiger partial charge in [0.1, 0.15) is 18.1 Å². The lowest BCUT2D eigenvalue weighted by atomic mass is 10.2. The van der Waals surface area contributed by atoms with Gasteiger partial charge < -0.3 is 9.47 Å². The lowest BCUT2D eigenvalue weighted by Gasteiger charge is -2.09. The molecule has 0 aliphatic carbocycles. The van der Waals surface area contributed by atoms with Crippen LogP contribution in [0.4, 0.5) is 0 Å². The third-order valence-corrected chi connectivity index (χ3v) is 2.83. The second-order valence-electron chi connectivity index (χ2n) is 3.91. The molecule has 19 heavy (non-hydrogen) atoms. The van der Waals surface area contributed by atoms with E-state index in [9.17, 15) is 4.79 Å². The fourth-order valence-corrected chi connectivity index (χ4v) is 1.82. The summed E-state index contributed by atoms with van der Waals surface area (Å²) in [5.41, 5.74) is 1.35. The number of carbonyl (C=O) groups excluding carboxylic acids is 1. The van der Waals surface area contributed by atoms with Gasteiger partial charge in [-0.25, -0.2) is 0 Å². The van der Waals surface area contributed by atoms with Crippen LogP contribution < -0.4 is 9.47 Å². The third kappa shape index (κ3) is 3.48. The highest BCUT2D eigenvalue weighted by Crippen LogP contribution is 2.26. The molecule has 2 aromatic carbocycles. The predicted octanol–water partition coefficient (Wildman–Crippen LogP) is 3.65. The first-order valence-corrected chi connectivity index (χ1v) is 6.13. The summed E-state index contributed by atoms with van der Waals surface area (Å²) in [7, 11) is 1.49. The van der Waals surface area contributed by atoms with E-state index in [2.05, 4.69) is 0 Å². The number of rotatable bonds is 5. The molecule has 98 valence electrons. The molecule has 2 rings (SSSR count). The second-order valence-corrected chi connectivity index (χ2v) is 4.25. The normalized spacial score (nSPS) is 10.0. The van der Waals surface area contributed by atoms with Crippen molar-refractivity contribution in [3.8, 4) is 11.5 Å². The van der Waals surface area contributed by atoms with E-state index in [1.54, 1.807) is 18.2 Å². The number of halogens is 1. The van der Waals surface area contributed by atoms with Crippen LogP contribution in [0.3, 0.4) is 0 Å². The van der Waals surface area contributed by atoms with Crippen LogP contribution in [0.2, 0.25) is 0 Å². The Morgan fingerprint density at radius 1 is 1.16 bits per heavy atom. The molecule has 3 nitrogen and oxygen atoms in total. The maximum atomic E-state index is 11.3. The van der Waals surface area contributed by atoms with Crippen molar-refractivity contribution < 1.29 is 14.3 Å². The molecule has 0 bridgehead atoms. The van der Waals surface area contributed by atoms with Crippen LogP contribution in [0.1, 0.15) is 15.9 Å². The first-order chi connectivity index (χ1) is 9.20. The second kappa shape index (κ2) is 6.25. The smallest absolute Gasteiger partial charge is 0.256 e. The monoisotopic (exact) mass is 276 g/mol. The number of hydrogen-bond donors (Lipinski definition) is 0. The zero-order valence-corrected chi connectivity index (χ0v) is 11.2. The predicted molar refractivity (Wildman–Crippen MR) is 74.0 cm³/mol. The molecule has 0 heterocycles. The van der Waals surface area contributed by atoms with Crippen LogP contribution >= 0.6 is 11.6 Å². The number of methoxy groups -OCH3 is 1. The van der Waals surface area contributed by atoms with Crippen molar-refractivity contribution in [3.05, 3.63) is 59.7 Å². The Labute approximate surface area is 116 Å². The van der Waals surface area contributed by atoms with Crippen LogP contribution in [0.15, 0.2) is 48.5 Å². The fraction of sp³-hybridized carbons (Fsp3) is 0.133. The average molecular weight is 277 g/mol. The van der Waals surface area contributed by atoms with Gasteiger partial charge in [0.05, 0.1) is 12.7 Å². The van der Waals surface area contributed by atoms with Gasteiger partial charge in [-0.15, -0.1) is 0 Å².